The van der Waals surface area contributed by atoms with Crippen molar-refractivity contribution in [1.82, 2.24) is 9.97 Å². The molecule has 0 radical (unpaired) electrons. The molecule has 3 aromatic rings. The monoisotopic (exact) mass is 331 g/mol. The van der Waals surface area contributed by atoms with E-state index in [2.05, 4.69) is 14.7 Å². The van der Waals surface area contributed by atoms with Crippen LogP contribution in [0.2, 0.25) is 0 Å². The third-order valence-electron chi connectivity index (χ3n) is 3.08. The van der Waals surface area contributed by atoms with Crippen LogP contribution in [0.15, 0.2) is 48.8 Å². The van der Waals surface area contributed by atoms with Gasteiger partial charge in [-0.3, -0.25) is 9.27 Å². The Labute approximate surface area is 134 Å². The normalized spacial score (nSPS) is 11.9. The summed E-state index contributed by atoms with van der Waals surface area (Å²) in [6.07, 6.45) is 1.42. The summed E-state index contributed by atoms with van der Waals surface area (Å²) in [6.45, 7) is 0. The quantitative estimate of drug-likeness (QED) is 0.698. The summed E-state index contributed by atoms with van der Waals surface area (Å²) >= 11 is -2.11. The SMILES string of the molecule is COc1ccc2c(Oc3ccc(NS(=O)O)cc3)ncnc2c1. The molecular weight excluding hydrogens is 318 g/mol. The molecule has 1 atom stereocenters. The van der Waals surface area contributed by atoms with Crippen molar-refractivity contribution in [3.05, 3.63) is 48.8 Å². The van der Waals surface area contributed by atoms with E-state index in [9.17, 15) is 4.21 Å². The minimum atomic E-state index is -2.11. The average molecular weight is 331 g/mol. The van der Waals surface area contributed by atoms with Crippen LogP contribution >= 0.6 is 0 Å². The van der Waals surface area contributed by atoms with Crippen LogP contribution in [0, 0.1) is 0 Å². The summed E-state index contributed by atoms with van der Waals surface area (Å²) in [4.78, 5) is 8.35. The molecule has 0 amide bonds. The summed E-state index contributed by atoms with van der Waals surface area (Å²) in [5.41, 5.74) is 1.22. The number of aromatic nitrogens is 2. The number of fused-ring (bicyclic) bond motifs is 1. The van der Waals surface area contributed by atoms with E-state index in [1.165, 1.54) is 6.33 Å². The van der Waals surface area contributed by atoms with Crippen LogP contribution in [0.5, 0.6) is 17.4 Å². The van der Waals surface area contributed by atoms with Gasteiger partial charge in [0.2, 0.25) is 5.88 Å². The number of rotatable bonds is 5. The van der Waals surface area contributed by atoms with Gasteiger partial charge in [-0.2, -0.15) is 0 Å². The predicted molar refractivity (Wildman–Crippen MR) is 87.0 cm³/mol. The van der Waals surface area contributed by atoms with Gasteiger partial charge in [0, 0.05) is 11.8 Å². The first-order valence-corrected chi connectivity index (χ1v) is 7.70. The zero-order valence-electron chi connectivity index (χ0n) is 12.1. The molecule has 0 aliphatic carbocycles. The topological polar surface area (TPSA) is 93.6 Å². The highest BCUT2D eigenvalue weighted by Crippen LogP contribution is 2.29. The zero-order chi connectivity index (χ0) is 16.2. The van der Waals surface area contributed by atoms with Gasteiger partial charge in [-0.25, -0.2) is 14.2 Å². The Balaban J connectivity index is 1.87. The molecule has 0 aliphatic rings. The molecule has 2 aromatic carbocycles. The van der Waals surface area contributed by atoms with E-state index in [1.54, 1.807) is 37.4 Å². The van der Waals surface area contributed by atoms with Crippen LogP contribution in [0.3, 0.4) is 0 Å². The van der Waals surface area contributed by atoms with Crippen molar-refractivity contribution in [1.29, 1.82) is 0 Å². The van der Waals surface area contributed by atoms with Gasteiger partial charge in [-0.15, -0.1) is 0 Å². The van der Waals surface area contributed by atoms with Gasteiger partial charge in [0.15, 0.2) is 0 Å². The number of benzene rings is 2. The first-order chi connectivity index (χ1) is 11.2. The predicted octanol–water partition coefficient (Wildman–Crippen LogP) is 2.98. The van der Waals surface area contributed by atoms with Crippen LogP contribution in [-0.4, -0.2) is 25.8 Å². The fraction of sp³-hybridized carbons (Fsp3) is 0.0667. The van der Waals surface area contributed by atoms with E-state index in [-0.39, 0.29) is 0 Å². The molecule has 0 spiro atoms. The van der Waals surface area contributed by atoms with Gasteiger partial charge < -0.3 is 9.47 Å². The number of hydrogen-bond donors (Lipinski definition) is 2. The lowest BCUT2D eigenvalue weighted by Gasteiger charge is -2.09. The lowest BCUT2D eigenvalue weighted by Crippen LogP contribution is -2.01. The summed E-state index contributed by atoms with van der Waals surface area (Å²) in [6, 6.07) is 12.1. The molecule has 0 saturated heterocycles. The van der Waals surface area contributed by atoms with Crippen molar-refractivity contribution < 1.29 is 18.2 Å². The van der Waals surface area contributed by atoms with E-state index < -0.39 is 11.3 Å². The van der Waals surface area contributed by atoms with Gasteiger partial charge in [-0.1, -0.05) is 0 Å². The standard InChI is InChI=1S/C15H13N3O4S/c1-21-12-6-7-13-14(8-12)16-9-17-15(13)22-11-4-2-10(3-5-11)18-23(19)20/h2-9,18H,1H3,(H,19,20). The molecule has 118 valence electrons. The second-order valence-corrected chi connectivity index (χ2v) is 5.24. The maximum Gasteiger partial charge on any atom is 0.259 e. The molecule has 7 nitrogen and oxygen atoms in total. The second kappa shape index (κ2) is 6.59. The van der Waals surface area contributed by atoms with Gasteiger partial charge >= 0.3 is 0 Å². The average Bonchev–Trinajstić information content (AvgIpc) is 2.56. The van der Waals surface area contributed by atoms with E-state index in [0.717, 1.165) is 5.39 Å². The fourth-order valence-electron chi connectivity index (χ4n) is 2.02. The Morgan fingerprint density at radius 2 is 1.83 bits per heavy atom. The second-order valence-electron chi connectivity index (χ2n) is 4.54. The van der Waals surface area contributed by atoms with Crippen molar-refractivity contribution in [2.45, 2.75) is 0 Å². The summed E-state index contributed by atoms with van der Waals surface area (Å²) in [5, 5.41) is 0.756. The molecule has 0 bridgehead atoms. The Morgan fingerprint density at radius 1 is 1.09 bits per heavy atom. The minimum absolute atomic E-state index is 0.420. The molecule has 1 unspecified atom stereocenters. The van der Waals surface area contributed by atoms with Crippen molar-refractivity contribution in [2.24, 2.45) is 0 Å². The molecule has 3 rings (SSSR count). The van der Waals surface area contributed by atoms with E-state index >= 15 is 0 Å². The van der Waals surface area contributed by atoms with Gasteiger partial charge in [-0.05, 0) is 36.4 Å². The van der Waals surface area contributed by atoms with Crippen molar-refractivity contribution in [2.75, 3.05) is 11.8 Å². The highest BCUT2D eigenvalue weighted by Gasteiger charge is 2.07. The lowest BCUT2D eigenvalue weighted by molar-refractivity contribution is 0.415. The fourth-order valence-corrected chi connectivity index (χ4v) is 2.36. The number of methoxy groups -OCH3 is 1. The maximum absolute atomic E-state index is 10.7. The van der Waals surface area contributed by atoms with Crippen LogP contribution in [0.1, 0.15) is 0 Å². The Kier molecular flexibility index (Phi) is 4.35. The molecule has 8 heteroatoms. The summed E-state index contributed by atoms with van der Waals surface area (Å²) in [5.74, 6) is 1.67. The first-order valence-electron chi connectivity index (χ1n) is 6.60. The van der Waals surface area contributed by atoms with Gasteiger partial charge in [0.1, 0.15) is 17.8 Å². The van der Waals surface area contributed by atoms with Gasteiger partial charge in [0.05, 0.1) is 18.0 Å². The maximum atomic E-state index is 10.7. The molecular formula is C15H13N3O4S. The van der Waals surface area contributed by atoms with Crippen molar-refractivity contribution in [3.63, 3.8) is 0 Å². The number of hydrogen-bond acceptors (Lipinski definition) is 5. The smallest absolute Gasteiger partial charge is 0.259 e. The number of nitrogens with zero attached hydrogens (tertiary/aromatic N) is 2. The Morgan fingerprint density at radius 3 is 2.52 bits per heavy atom. The van der Waals surface area contributed by atoms with Gasteiger partial charge in [0.25, 0.3) is 11.3 Å². The molecule has 0 aliphatic heterocycles. The third kappa shape index (κ3) is 3.55. The minimum Gasteiger partial charge on any atom is -0.497 e. The molecule has 23 heavy (non-hydrogen) atoms. The van der Waals surface area contributed by atoms with Crippen molar-refractivity contribution in [3.8, 4) is 17.4 Å². The number of nitrogens with one attached hydrogen (secondary N) is 1. The van der Waals surface area contributed by atoms with E-state index in [1.807, 2.05) is 12.1 Å². The first kappa shape index (κ1) is 15.2. The van der Waals surface area contributed by atoms with E-state index in [4.69, 9.17) is 14.0 Å². The van der Waals surface area contributed by atoms with Crippen LogP contribution in [0.25, 0.3) is 10.9 Å². The Bertz CT molecular complexity index is 855. The molecule has 1 heterocycles. The number of anilines is 1. The summed E-state index contributed by atoms with van der Waals surface area (Å²) < 4.78 is 32.8. The molecule has 1 aromatic heterocycles. The van der Waals surface area contributed by atoms with Crippen LogP contribution < -0.4 is 14.2 Å². The van der Waals surface area contributed by atoms with Crippen LogP contribution in [0.4, 0.5) is 5.69 Å². The number of ether oxygens (including phenoxy) is 2. The molecule has 0 saturated carbocycles. The van der Waals surface area contributed by atoms with Crippen LogP contribution in [-0.2, 0) is 11.3 Å². The van der Waals surface area contributed by atoms with E-state index in [0.29, 0.717) is 28.6 Å². The third-order valence-corrected chi connectivity index (χ3v) is 3.49. The largest absolute Gasteiger partial charge is 0.497 e. The highest BCUT2D eigenvalue weighted by molar-refractivity contribution is 7.80. The molecule has 0 fully saturated rings. The Hall–Kier alpha value is -2.71. The lowest BCUT2D eigenvalue weighted by atomic mass is 10.2. The summed E-state index contributed by atoms with van der Waals surface area (Å²) in [7, 11) is 1.59. The molecule has 2 N–H and O–H groups in total. The highest BCUT2D eigenvalue weighted by atomic mass is 32.2. The van der Waals surface area contributed by atoms with Crippen molar-refractivity contribution >= 4 is 27.9 Å². The zero-order valence-corrected chi connectivity index (χ0v) is 12.9.